The Morgan fingerprint density at radius 1 is 1.19 bits per heavy atom. The van der Waals surface area contributed by atoms with Crippen LogP contribution in [0.15, 0.2) is 0 Å². The van der Waals surface area contributed by atoms with E-state index < -0.39 is 0 Å². The normalized spacial score (nSPS) is 30.0. The minimum absolute atomic E-state index is 0.313. The Hall–Kier alpha value is -0.0800. The van der Waals surface area contributed by atoms with Gasteiger partial charge in [-0.25, -0.2) is 0 Å². The van der Waals surface area contributed by atoms with E-state index in [1.54, 1.807) is 7.11 Å². The molecule has 2 heteroatoms. The fraction of sp³-hybridized carbons (Fsp3) is 1.00. The van der Waals surface area contributed by atoms with E-state index in [9.17, 15) is 0 Å². The van der Waals surface area contributed by atoms with Crippen LogP contribution in [0.2, 0.25) is 0 Å². The summed E-state index contributed by atoms with van der Waals surface area (Å²) in [6.07, 6.45) is 8.63. The molecule has 0 aromatic rings. The van der Waals surface area contributed by atoms with Gasteiger partial charge in [-0.1, -0.05) is 19.8 Å². The summed E-state index contributed by atoms with van der Waals surface area (Å²) in [6.45, 7) is 6.67. The molecule has 0 amide bonds. The molecule has 1 saturated carbocycles. The van der Waals surface area contributed by atoms with Crippen molar-refractivity contribution in [3.8, 4) is 0 Å². The maximum absolute atomic E-state index is 5.35. The van der Waals surface area contributed by atoms with Gasteiger partial charge in [0.15, 0.2) is 0 Å². The maximum Gasteiger partial charge on any atom is 0.0693 e. The fourth-order valence-corrected chi connectivity index (χ4v) is 2.74. The third-order valence-corrected chi connectivity index (χ3v) is 4.12. The highest BCUT2D eigenvalue weighted by molar-refractivity contribution is 4.80. The van der Waals surface area contributed by atoms with Crippen molar-refractivity contribution < 1.29 is 4.74 Å². The van der Waals surface area contributed by atoms with Crippen LogP contribution in [0.25, 0.3) is 0 Å². The number of methoxy groups -OCH3 is 1. The van der Waals surface area contributed by atoms with E-state index in [4.69, 9.17) is 4.74 Å². The van der Waals surface area contributed by atoms with Crippen LogP contribution in [0, 0.1) is 5.92 Å². The SMILES string of the molecule is CCCC1CCC(NC(C)C(C)OC)CC1. The van der Waals surface area contributed by atoms with Gasteiger partial charge in [0.05, 0.1) is 6.10 Å². The zero-order valence-electron chi connectivity index (χ0n) is 11.5. The van der Waals surface area contributed by atoms with E-state index >= 15 is 0 Å². The van der Waals surface area contributed by atoms with Crippen LogP contribution in [-0.2, 0) is 4.74 Å². The average Bonchev–Trinajstić information content (AvgIpc) is 2.31. The Morgan fingerprint density at radius 2 is 1.81 bits per heavy atom. The van der Waals surface area contributed by atoms with Gasteiger partial charge in [-0.3, -0.25) is 0 Å². The first-order valence-electron chi connectivity index (χ1n) is 6.96. The Morgan fingerprint density at radius 3 is 2.31 bits per heavy atom. The lowest BCUT2D eigenvalue weighted by Gasteiger charge is -2.32. The van der Waals surface area contributed by atoms with Crippen molar-refractivity contribution >= 4 is 0 Å². The first-order chi connectivity index (χ1) is 7.67. The first kappa shape index (κ1) is 14.0. The van der Waals surface area contributed by atoms with Crippen molar-refractivity contribution in [3.63, 3.8) is 0 Å². The van der Waals surface area contributed by atoms with Crippen LogP contribution >= 0.6 is 0 Å². The minimum atomic E-state index is 0.313. The number of hydrogen-bond donors (Lipinski definition) is 1. The summed E-state index contributed by atoms with van der Waals surface area (Å²) in [4.78, 5) is 0. The molecule has 1 fully saturated rings. The van der Waals surface area contributed by atoms with E-state index in [0.717, 1.165) is 12.0 Å². The highest BCUT2D eigenvalue weighted by Gasteiger charge is 2.22. The van der Waals surface area contributed by atoms with Crippen molar-refractivity contribution in [3.05, 3.63) is 0 Å². The monoisotopic (exact) mass is 227 g/mol. The van der Waals surface area contributed by atoms with Gasteiger partial charge >= 0.3 is 0 Å². The van der Waals surface area contributed by atoms with Crippen LogP contribution in [0.3, 0.4) is 0 Å². The number of ether oxygens (including phenoxy) is 1. The number of hydrogen-bond acceptors (Lipinski definition) is 2. The predicted molar refractivity (Wildman–Crippen MR) is 69.7 cm³/mol. The fourth-order valence-electron chi connectivity index (χ4n) is 2.74. The van der Waals surface area contributed by atoms with Crippen LogP contribution in [0.4, 0.5) is 0 Å². The lowest BCUT2D eigenvalue weighted by atomic mass is 9.83. The Labute approximate surface area is 101 Å². The lowest BCUT2D eigenvalue weighted by Crippen LogP contribution is -2.44. The van der Waals surface area contributed by atoms with E-state index in [0.29, 0.717) is 12.1 Å². The molecule has 16 heavy (non-hydrogen) atoms. The van der Waals surface area contributed by atoms with Gasteiger partial charge in [-0.2, -0.15) is 0 Å². The highest BCUT2D eigenvalue weighted by atomic mass is 16.5. The maximum atomic E-state index is 5.35. The second-order valence-corrected chi connectivity index (χ2v) is 5.40. The van der Waals surface area contributed by atoms with Gasteiger partial charge in [0, 0.05) is 19.2 Å². The lowest BCUT2D eigenvalue weighted by molar-refractivity contribution is 0.0805. The largest absolute Gasteiger partial charge is 0.380 e. The second-order valence-electron chi connectivity index (χ2n) is 5.40. The van der Waals surface area contributed by atoms with Crippen molar-refractivity contribution in [2.45, 2.75) is 77.5 Å². The predicted octanol–water partition coefficient (Wildman–Crippen LogP) is 3.36. The molecule has 0 heterocycles. The summed E-state index contributed by atoms with van der Waals surface area (Å²) in [6, 6.07) is 1.19. The molecule has 0 bridgehead atoms. The minimum Gasteiger partial charge on any atom is -0.380 e. The van der Waals surface area contributed by atoms with Gasteiger partial charge in [-0.15, -0.1) is 0 Å². The van der Waals surface area contributed by atoms with Gasteiger partial charge < -0.3 is 10.1 Å². The molecular formula is C14H29NO. The van der Waals surface area contributed by atoms with Gasteiger partial charge in [0.25, 0.3) is 0 Å². The van der Waals surface area contributed by atoms with E-state index in [1.807, 2.05) is 0 Å². The van der Waals surface area contributed by atoms with Crippen LogP contribution in [0.1, 0.15) is 59.3 Å². The Bertz CT molecular complexity index is 176. The van der Waals surface area contributed by atoms with E-state index in [2.05, 4.69) is 26.1 Å². The molecule has 1 aliphatic rings. The van der Waals surface area contributed by atoms with Crippen molar-refractivity contribution in [2.75, 3.05) is 7.11 Å². The molecule has 0 saturated heterocycles. The molecule has 0 aromatic carbocycles. The molecule has 2 atom stereocenters. The molecule has 2 nitrogen and oxygen atoms in total. The molecule has 0 spiro atoms. The zero-order chi connectivity index (χ0) is 12.0. The van der Waals surface area contributed by atoms with Crippen molar-refractivity contribution in [2.24, 2.45) is 5.92 Å². The molecule has 1 aliphatic carbocycles. The third-order valence-electron chi connectivity index (χ3n) is 4.12. The number of rotatable bonds is 6. The Balaban J connectivity index is 2.21. The van der Waals surface area contributed by atoms with Crippen LogP contribution < -0.4 is 5.32 Å². The summed E-state index contributed by atoms with van der Waals surface area (Å²) in [5.74, 6) is 0.998. The summed E-state index contributed by atoms with van der Waals surface area (Å²) >= 11 is 0. The molecule has 0 radical (unpaired) electrons. The van der Waals surface area contributed by atoms with E-state index in [-0.39, 0.29) is 0 Å². The molecular weight excluding hydrogens is 198 g/mol. The molecule has 2 unspecified atom stereocenters. The zero-order valence-corrected chi connectivity index (χ0v) is 11.5. The average molecular weight is 227 g/mol. The van der Waals surface area contributed by atoms with E-state index in [1.165, 1.54) is 38.5 Å². The third kappa shape index (κ3) is 4.42. The first-order valence-corrected chi connectivity index (χ1v) is 6.96. The summed E-state index contributed by atoms with van der Waals surface area (Å²) in [5.41, 5.74) is 0. The molecule has 96 valence electrons. The van der Waals surface area contributed by atoms with Gasteiger partial charge in [0.2, 0.25) is 0 Å². The molecule has 0 aromatic heterocycles. The summed E-state index contributed by atoms with van der Waals surface area (Å²) < 4.78 is 5.35. The molecule has 1 N–H and O–H groups in total. The molecule has 0 aliphatic heterocycles. The summed E-state index contributed by atoms with van der Waals surface area (Å²) in [7, 11) is 1.79. The van der Waals surface area contributed by atoms with Crippen molar-refractivity contribution in [1.82, 2.24) is 5.32 Å². The quantitative estimate of drug-likeness (QED) is 0.751. The highest BCUT2D eigenvalue weighted by Crippen LogP contribution is 2.28. The standard InChI is InChI=1S/C14H29NO/c1-5-6-13-7-9-14(10-8-13)15-11(2)12(3)16-4/h11-15H,5-10H2,1-4H3. The summed E-state index contributed by atoms with van der Waals surface area (Å²) in [5, 5.41) is 3.71. The van der Waals surface area contributed by atoms with Gasteiger partial charge in [-0.05, 0) is 45.4 Å². The van der Waals surface area contributed by atoms with Gasteiger partial charge in [0.1, 0.15) is 0 Å². The number of nitrogens with one attached hydrogen (secondary N) is 1. The Kier molecular flexibility index (Phi) is 6.37. The molecule has 1 rings (SSSR count). The smallest absolute Gasteiger partial charge is 0.0693 e. The van der Waals surface area contributed by atoms with Crippen molar-refractivity contribution in [1.29, 1.82) is 0 Å². The van der Waals surface area contributed by atoms with Crippen LogP contribution in [0.5, 0.6) is 0 Å². The topological polar surface area (TPSA) is 21.3 Å². The second kappa shape index (κ2) is 7.29. The van der Waals surface area contributed by atoms with Crippen LogP contribution in [-0.4, -0.2) is 25.3 Å².